The Hall–Kier alpha value is -0.610. The molecule has 116 valence electrons. The summed E-state index contributed by atoms with van der Waals surface area (Å²) < 4.78 is 0. The standard InChI is InChI=1S/C16H31N3O/c1-3-19-12-8-15(9-13-19)18(2)16(20)5-4-14-6-10-17-11-7-14/h14-15,17H,3-13H2,1-2H3. The highest BCUT2D eigenvalue weighted by atomic mass is 16.2. The molecule has 0 atom stereocenters. The van der Waals surface area contributed by atoms with Crippen LogP contribution >= 0.6 is 0 Å². The summed E-state index contributed by atoms with van der Waals surface area (Å²) in [7, 11) is 2.01. The smallest absolute Gasteiger partial charge is 0.222 e. The van der Waals surface area contributed by atoms with Crippen molar-refractivity contribution in [2.24, 2.45) is 5.92 Å². The first kappa shape index (κ1) is 15.8. The van der Waals surface area contributed by atoms with E-state index in [1.54, 1.807) is 0 Å². The van der Waals surface area contributed by atoms with Crippen molar-refractivity contribution in [2.75, 3.05) is 39.8 Å². The molecule has 0 unspecified atom stereocenters. The molecule has 0 aliphatic carbocycles. The van der Waals surface area contributed by atoms with E-state index in [2.05, 4.69) is 17.1 Å². The van der Waals surface area contributed by atoms with E-state index in [9.17, 15) is 4.79 Å². The summed E-state index contributed by atoms with van der Waals surface area (Å²) in [5.41, 5.74) is 0. The molecule has 4 nitrogen and oxygen atoms in total. The molecule has 1 amide bonds. The van der Waals surface area contributed by atoms with Gasteiger partial charge in [0.05, 0.1) is 0 Å². The van der Waals surface area contributed by atoms with Crippen LogP contribution in [0.15, 0.2) is 0 Å². The second-order valence-corrected chi connectivity index (χ2v) is 6.40. The number of carbonyl (C=O) groups excluding carboxylic acids is 1. The molecule has 2 rings (SSSR count). The van der Waals surface area contributed by atoms with Gasteiger partial charge in [0.25, 0.3) is 0 Å². The minimum atomic E-state index is 0.360. The third-order valence-electron chi connectivity index (χ3n) is 5.17. The molecule has 0 radical (unpaired) electrons. The zero-order chi connectivity index (χ0) is 14.4. The van der Waals surface area contributed by atoms with E-state index < -0.39 is 0 Å². The number of nitrogens with one attached hydrogen (secondary N) is 1. The fourth-order valence-electron chi connectivity index (χ4n) is 3.50. The maximum absolute atomic E-state index is 12.3. The number of carbonyl (C=O) groups is 1. The van der Waals surface area contributed by atoms with Crippen LogP contribution in [-0.4, -0.2) is 61.5 Å². The highest BCUT2D eigenvalue weighted by Gasteiger charge is 2.25. The lowest BCUT2D eigenvalue weighted by Crippen LogP contribution is -2.45. The van der Waals surface area contributed by atoms with Crippen LogP contribution in [0.25, 0.3) is 0 Å². The Balaban J connectivity index is 1.69. The SMILES string of the molecule is CCN1CCC(N(C)C(=O)CCC2CCNCC2)CC1. The molecule has 2 aliphatic heterocycles. The summed E-state index contributed by atoms with van der Waals surface area (Å²) in [6.07, 6.45) is 6.60. The monoisotopic (exact) mass is 281 g/mol. The molecule has 2 aliphatic rings. The van der Waals surface area contributed by atoms with Crippen LogP contribution in [0.1, 0.15) is 45.4 Å². The van der Waals surface area contributed by atoms with Gasteiger partial charge in [0, 0.05) is 32.6 Å². The van der Waals surface area contributed by atoms with Crippen molar-refractivity contribution in [3.8, 4) is 0 Å². The van der Waals surface area contributed by atoms with Gasteiger partial charge in [-0.05, 0) is 57.7 Å². The second kappa shape index (κ2) is 7.99. The molecular weight excluding hydrogens is 250 g/mol. The molecular formula is C16H31N3O. The van der Waals surface area contributed by atoms with E-state index >= 15 is 0 Å². The minimum Gasteiger partial charge on any atom is -0.343 e. The van der Waals surface area contributed by atoms with Crippen LogP contribution in [0.4, 0.5) is 0 Å². The van der Waals surface area contributed by atoms with Gasteiger partial charge < -0.3 is 15.1 Å². The van der Waals surface area contributed by atoms with E-state index in [1.165, 1.54) is 12.8 Å². The van der Waals surface area contributed by atoms with Crippen molar-refractivity contribution in [1.29, 1.82) is 0 Å². The lowest BCUT2D eigenvalue weighted by Gasteiger charge is -2.36. The summed E-state index contributed by atoms with van der Waals surface area (Å²) in [6.45, 7) is 7.91. The highest BCUT2D eigenvalue weighted by Crippen LogP contribution is 2.20. The molecule has 0 aromatic heterocycles. The Kier molecular flexibility index (Phi) is 6.30. The molecule has 0 aromatic carbocycles. The van der Waals surface area contributed by atoms with Crippen molar-refractivity contribution in [1.82, 2.24) is 15.1 Å². The van der Waals surface area contributed by atoms with E-state index in [1.807, 2.05) is 11.9 Å². The molecule has 2 saturated heterocycles. The summed E-state index contributed by atoms with van der Waals surface area (Å²) in [6, 6.07) is 0.471. The topological polar surface area (TPSA) is 35.6 Å². The van der Waals surface area contributed by atoms with Gasteiger partial charge in [-0.2, -0.15) is 0 Å². The summed E-state index contributed by atoms with van der Waals surface area (Å²) in [5.74, 6) is 1.12. The number of nitrogens with zero attached hydrogens (tertiary/aromatic N) is 2. The maximum Gasteiger partial charge on any atom is 0.222 e. The zero-order valence-electron chi connectivity index (χ0n) is 13.2. The molecule has 2 heterocycles. The van der Waals surface area contributed by atoms with Crippen molar-refractivity contribution in [3.05, 3.63) is 0 Å². The Labute approximate surface area is 123 Å². The van der Waals surface area contributed by atoms with Gasteiger partial charge in [-0.25, -0.2) is 0 Å². The first-order chi connectivity index (χ1) is 9.70. The van der Waals surface area contributed by atoms with Crippen LogP contribution in [0.5, 0.6) is 0 Å². The summed E-state index contributed by atoms with van der Waals surface area (Å²) in [5, 5.41) is 3.39. The normalized spacial score (nSPS) is 22.9. The molecule has 1 N–H and O–H groups in total. The fraction of sp³-hybridized carbons (Fsp3) is 0.938. The molecule has 4 heteroatoms. The molecule has 20 heavy (non-hydrogen) atoms. The van der Waals surface area contributed by atoms with E-state index in [-0.39, 0.29) is 0 Å². The number of hydrogen-bond acceptors (Lipinski definition) is 3. The van der Waals surface area contributed by atoms with Crippen molar-refractivity contribution in [3.63, 3.8) is 0 Å². The average Bonchev–Trinajstić information content (AvgIpc) is 2.53. The van der Waals surface area contributed by atoms with Gasteiger partial charge in [-0.15, -0.1) is 0 Å². The van der Waals surface area contributed by atoms with Gasteiger partial charge in [0.2, 0.25) is 5.91 Å². The predicted octanol–water partition coefficient (Wildman–Crippen LogP) is 1.71. The molecule has 0 bridgehead atoms. The zero-order valence-corrected chi connectivity index (χ0v) is 13.2. The Morgan fingerprint density at radius 2 is 1.85 bits per heavy atom. The van der Waals surface area contributed by atoms with Crippen molar-refractivity contribution >= 4 is 5.91 Å². The van der Waals surface area contributed by atoms with Crippen molar-refractivity contribution < 1.29 is 4.79 Å². The molecule has 0 aromatic rings. The lowest BCUT2D eigenvalue weighted by atomic mass is 9.92. The van der Waals surface area contributed by atoms with Crippen LogP contribution in [0.2, 0.25) is 0 Å². The average molecular weight is 281 g/mol. The molecule has 2 fully saturated rings. The fourth-order valence-corrected chi connectivity index (χ4v) is 3.50. The highest BCUT2D eigenvalue weighted by molar-refractivity contribution is 5.76. The predicted molar refractivity (Wildman–Crippen MR) is 82.7 cm³/mol. The van der Waals surface area contributed by atoms with Crippen LogP contribution < -0.4 is 5.32 Å². The van der Waals surface area contributed by atoms with Gasteiger partial charge in [-0.3, -0.25) is 4.79 Å². The van der Waals surface area contributed by atoms with Gasteiger partial charge in [0.1, 0.15) is 0 Å². The third kappa shape index (κ3) is 4.45. The third-order valence-corrected chi connectivity index (χ3v) is 5.17. The maximum atomic E-state index is 12.3. The quantitative estimate of drug-likeness (QED) is 0.833. The number of amides is 1. The van der Waals surface area contributed by atoms with Crippen LogP contribution in [0, 0.1) is 5.92 Å². The summed E-state index contributed by atoms with van der Waals surface area (Å²) >= 11 is 0. The first-order valence-electron chi connectivity index (χ1n) is 8.39. The van der Waals surface area contributed by atoms with Gasteiger partial charge >= 0.3 is 0 Å². The molecule has 0 saturated carbocycles. The van der Waals surface area contributed by atoms with Crippen LogP contribution in [0.3, 0.4) is 0 Å². The molecule has 0 spiro atoms. The number of rotatable bonds is 5. The Bertz CT molecular complexity index is 294. The first-order valence-corrected chi connectivity index (χ1v) is 8.39. The number of piperidine rings is 2. The van der Waals surface area contributed by atoms with Crippen LogP contribution in [-0.2, 0) is 4.79 Å². The van der Waals surface area contributed by atoms with Gasteiger partial charge in [0.15, 0.2) is 0 Å². The van der Waals surface area contributed by atoms with E-state index in [4.69, 9.17) is 0 Å². The van der Waals surface area contributed by atoms with E-state index in [0.717, 1.165) is 64.3 Å². The van der Waals surface area contributed by atoms with Gasteiger partial charge in [-0.1, -0.05) is 6.92 Å². The second-order valence-electron chi connectivity index (χ2n) is 6.40. The number of hydrogen-bond donors (Lipinski definition) is 1. The number of likely N-dealkylation sites (tertiary alicyclic amines) is 1. The Morgan fingerprint density at radius 3 is 2.45 bits per heavy atom. The largest absolute Gasteiger partial charge is 0.343 e. The van der Waals surface area contributed by atoms with E-state index in [0.29, 0.717) is 11.9 Å². The summed E-state index contributed by atoms with van der Waals surface area (Å²) in [4.78, 5) is 16.8. The Morgan fingerprint density at radius 1 is 1.20 bits per heavy atom. The lowest BCUT2D eigenvalue weighted by molar-refractivity contribution is -0.133. The van der Waals surface area contributed by atoms with Crippen molar-refractivity contribution in [2.45, 2.75) is 51.5 Å². The minimum absolute atomic E-state index is 0.360.